The van der Waals surface area contributed by atoms with E-state index in [2.05, 4.69) is 21.7 Å². The Morgan fingerprint density at radius 3 is 2.72 bits per heavy atom. The minimum absolute atomic E-state index is 0. The predicted octanol–water partition coefficient (Wildman–Crippen LogP) is 4.29. The minimum atomic E-state index is -2.50. The Labute approximate surface area is 204 Å². The van der Waals surface area contributed by atoms with Crippen LogP contribution in [0.5, 0.6) is 11.5 Å². The molecule has 0 radical (unpaired) electrons. The van der Waals surface area contributed by atoms with Crippen molar-refractivity contribution in [3.8, 4) is 11.5 Å². The number of aliphatic imine (C=N–C) groups is 1. The van der Waals surface area contributed by atoms with Crippen LogP contribution in [0.1, 0.15) is 23.1 Å². The fourth-order valence-corrected chi connectivity index (χ4v) is 3.19. The summed E-state index contributed by atoms with van der Waals surface area (Å²) in [5, 5.41) is 6.52. The lowest BCUT2D eigenvalue weighted by molar-refractivity contribution is 0.0818. The van der Waals surface area contributed by atoms with Crippen molar-refractivity contribution in [1.29, 1.82) is 0 Å². The van der Waals surface area contributed by atoms with Gasteiger partial charge in [0.1, 0.15) is 24.2 Å². The SMILES string of the molecule is CN=C(NCc1cccc(OCC(F)F)c1)NCc1ccc(C)cc1OC1CCOC1.I. The van der Waals surface area contributed by atoms with Crippen LogP contribution in [0.25, 0.3) is 0 Å². The van der Waals surface area contributed by atoms with Gasteiger partial charge >= 0.3 is 0 Å². The van der Waals surface area contributed by atoms with E-state index in [-0.39, 0.29) is 30.1 Å². The Morgan fingerprint density at radius 2 is 2.00 bits per heavy atom. The second-order valence-electron chi connectivity index (χ2n) is 7.34. The molecule has 2 aromatic rings. The first-order chi connectivity index (χ1) is 15.0. The number of guanidine groups is 1. The lowest BCUT2D eigenvalue weighted by atomic mass is 10.1. The smallest absolute Gasteiger partial charge is 0.272 e. The van der Waals surface area contributed by atoms with E-state index >= 15 is 0 Å². The van der Waals surface area contributed by atoms with E-state index in [4.69, 9.17) is 14.2 Å². The van der Waals surface area contributed by atoms with E-state index in [1.807, 2.05) is 25.1 Å². The van der Waals surface area contributed by atoms with Gasteiger partial charge in [0.05, 0.1) is 13.2 Å². The Bertz CT molecular complexity index is 877. The van der Waals surface area contributed by atoms with Crippen LogP contribution < -0.4 is 20.1 Å². The number of hydrogen-bond acceptors (Lipinski definition) is 4. The molecule has 0 saturated carbocycles. The number of halogens is 3. The van der Waals surface area contributed by atoms with Gasteiger partial charge in [-0.05, 0) is 36.2 Å². The van der Waals surface area contributed by atoms with Crippen molar-refractivity contribution in [3.63, 3.8) is 0 Å². The summed E-state index contributed by atoms with van der Waals surface area (Å²) in [7, 11) is 1.69. The van der Waals surface area contributed by atoms with Crippen LogP contribution >= 0.6 is 24.0 Å². The van der Waals surface area contributed by atoms with E-state index in [0.717, 1.165) is 35.5 Å². The number of aryl methyl sites for hydroxylation is 1. The summed E-state index contributed by atoms with van der Waals surface area (Å²) in [5.41, 5.74) is 3.06. The maximum Gasteiger partial charge on any atom is 0.272 e. The Morgan fingerprint density at radius 1 is 1.19 bits per heavy atom. The van der Waals surface area contributed by atoms with Crippen molar-refractivity contribution < 1.29 is 23.0 Å². The van der Waals surface area contributed by atoms with Crippen LogP contribution in [0.3, 0.4) is 0 Å². The first kappa shape index (κ1) is 26.1. The molecule has 0 amide bonds. The molecule has 1 heterocycles. The molecular formula is C23H30F2IN3O3. The van der Waals surface area contributed by atoms with Gasteiger partial charge in [0, 0.05) is 32.1 Å². The summed E-state index contributed by atoms with van der Waals surface area (Å²) in [6, 6.07) is 13.2. The summed E-state index contributed by atoms with van der Waals surface area (Å²) in [4.78, 5) is 4.25. The van der Waals surface area contributed by atoms with Gasteiger partial charge in [-0.25, -0.2) is 8.78 Å². The fourth-order valence-electron chi connectivity index (χ4n) is 3.19. The molecule has 2 N–H and O–H groups in total. The first-order valence-electron chi connectivity index (χ1n) is 10.3. The number of benzene rings is 2. The molecule has 1 unspecified atom stereocenters. The Balaban J connectivity index is 0.00000363. The minimum Gasteiger partial charge on any atom is -0.488 e. The average molecular weight is 561 g/mol. The van der Waals surface area contributed by atoms with Crippen molar-refractivity contribution in [2.45, 2.75) is 39.0 Å². The van der Waals surface area contributed by atoms with Crippen LogP contribution in [0.2, 0.25) is 0 Å². The largest absolute Gasteiger partial charge is 0.488 e. The lowest BCUT2D eigenvalue weighted by Gasteiger charge is -2.18. The van der Waals surface area contributed by atoms with Crippen LogP contribution in [-0.2, 0) is 17.8 Å². The van der Waals surface area contributed by atoms with E-state index in [1.54, 1.807) is 25.2 Å². The molecular weight excluding hydrogens is 531 g/mol. The van der Waals surface area contributed by atoms with Crippen LogP contribution in [-0.4, -0.2) is 45.4 Å². The molecule has 1 saturated heterocycles. The molecule has 0 aliphatic carbocycles. The summed E-state index contributed by atoms with van der Waals surface area (Å²) in [6.07, 6.45) is -1.52. The standard InChI is InChI=1S/C23H29F2N3O3.HI/c1-16-6-7-18(21(10-16)31-20-8-9-29-14-20)13-28-23(26-2)27-12-17-4-3-5-19(11-17)30-15-22(24)25;/h3-7,10-11,20,22H,8-9,12-15H2,1-2H3,(H2,26,27,28);1H. The summed E-state index contributed by atoms with van der Waals surface area (Å²) < 4.78 is 41.3. The molecule has 32 heavy (non-hydrogen) atoms. The topological polar surface area (TPSA) is 64.1 Å². The van der Waals surface area contributed by atoms with Crippen molar-refractivity contribution in [2.24, 2.45) is 4.99 Å². The van der Waals surface area contributed by atoms with Gasteiger partial charge in [0.25, 0.3) is 6.43 Å². The number of hydrogen-bond donors (Lipinski definition) is 2. The van der Waals surface area contributed by atoms with Gasteiger partial charge in [-0.15, -0.1) is 24.0 Å². The van der Waals surface area contributed by atoms with Crippen molar-refractivity contribution in [2.75, 3.05) is 26.9 Å². The molecule has 176 valence electrons. The molecule has 0 spiro atoms. The van der Waals surface area contributed by atoms with E-state index in [0.29, 0.717) is 31.4 Å². The highest BCUT2D eigenvalue weighted by Crippen LogP contribution is 2.24. The average Bonchev–Trinajstić information content (AvgIpc) is 3.27. The third-order valence-corrected chi connectivity index (χ3v) is 4.81. The zero-order valence-corrected chi connectivity index (χ0v) is 20.6. The number of nitrogens with zero attached hydrogens (tertiary/aromatic N) is 1. The highest BCUT2D eigenvalue weighted by Gasteiger charge is 2.18. The third kappa shape index (κ3) is 8.42. The highest BCUT2D eigenvalue weighted by atomic mass is 127. The number of alkyl halides is 2. The first-order valence-corrected chi connectivity index (χ1v) is 10.3. The quantitative estimate of drug-likeness (QED) is 0.272. The monoisotopic (exact) mass is 561 g/mol. The van der Waals surface area contributed by atoms with E-state index < -0.39 is 13.0 Å². The van der Waals surface area contributed by atoms with Crippen molar-refractivity contribution in [3.05, 3.63) is 59.2 Å². The number of rotatable bonds is 9. The molecule has 9 heteroatoms. The molecule has 1 aliphatic rings. The molecule has 0 aromatic heterocycles. The van der Waals surface area contributed by atoms with Crippen LogP contribution in [0.15, 0.2) is 47.5 Å². The molecule has 0 bridgehead atoms. The zero-order valence-electron chi connectivity index (χ0n) is 18.3. The second-order valence-corrected chi connectivity index (χ2v) is 7.34. The summed E-state index contributed by atoms with van der Waals surface area (Å²) in [6.45, 7) is 3.78. The van der Waals surface area contributed by atoms with E-state index in [1.165, 1.54) is 0 Å². The fraction of sp³-hybridized carbons (Fsp3) is 0.435. The van der Waals surface area contributed by atoms with Crippen LogP contribution in [0, 0.1) is 6.92 Å². The lowest BCUT2D eigenvalue weighted by Crippen LogP contribution is -2.36. The van der Waals surface area contributed by atoms with Gasteiger partial charge in [0.2, 0.25) is 0 Å². The Hall–Kier alpha value is -2.14. The van der Waals surface area contributed by atoms with Crippen LogP contribution in [0.4, 0.5) is 8.78 Å². The number of ether oxygens (including phenoxy) is 3. The van der Waals surface area contributed by atoms with Gasteiger partial charge < -0.3 is 24.8 Å². The Kier molecular flexibility index (Phi) is 10.9. The second kappa shape index (κ2) is 13.4. The van der Waals surface area contributed by atoms with Crippen molar-refractivity contribution in [1.82, 2.24) is 10.6 Å². The van der Waals surface area contributed by atoms with Gasteiger partial charge in [-0.1, -0.05) is 24.3 Å². The van der Waals surface area contributed by atoms with E-state index in [9.17, 15) is 8.78 Å². The molecule has 6 nitrogen and oxygen atoms in total. The molecule has 1 aliphatic heterocycles. The molecule has 2 aromatic carbocycles. The molecule has 1 fully saturated rings. The van der Waals surface area contributed by atoms with Gasteiger partial charge in [-0.3, -0.25) is 4.99 Å². The highest BCUT2D eigenvalue weighted by molar-refractivity contribution is 14.0. The molecule has 1 atom stereocenters. The zero-order chi connectivity index (χ0) is 22.1. The van der Waals surface area contributed by atoms with Crippen molar-refractivity contribution >= 4 is 29.9 Å². The maximum atomic E-state index is 12.3. The summed E-state index contributed by atoms with van der Waals surface area (Å²) >= 11 is 0. The third-order valence-electron chi connectivity index (χ3n) is 4.81. The normalized spacial score (nSPS) is 15.9. The molecule has 3 rings (SSSR count). The predicted molar refractivity (Wildman–Crippen MR) is 131 cm³/mol. The maximum absolute atomic E-state index is 12.3. The summed E-state index contributed by atoms with van der Waals surface area (Å²) in [5.74, 6) is 1.89. The number of nitrogens with one attached hydrogen (secondary N) is 2. The van der Waals surface area contributed by atoms with Gasteiger partial charge in [0.15, 0.2) is 5.96 Å². The van der Waals surface area contributed by atoms with Gasteiger partial charge in [-0.2, -0.15) is 0 Å².